The Bertz CT molecular complexity index is 643. The van der Waals surface area contributed by atoms with Gasteiger partial charge in [-0.1, -0.05) is 30.3 Å². The fourth-order valence-corrected chi connectivity index (χ4v) is 2.89. The zero-order valence-electron chi connectivity index (χ0n) is 12.0. The fraction of sp³-hybridized carbons (Fsp3) is 0.278. The quantitative estimate of drug-likeness (QED) is 0.901. The van der Waals surface area contributed by atoms with Gasteiger partial charge in [0, 0.05) is 0 Å². The molecule has 0 atom stereocenters. The van der Waals surface area contributed by atoms with Crippen molar-refractivity contribution in [2.24, 2.45) is 5.41 Å². The first kappa shape index (κ1) is 13.7. The molecule has 0 radical (unpaired) electrons. The molecule has 2 aromatic rings. The molecule has 0 saturated heterocycles. The zero-order chi connectivity index (χ0) is 14.9. The Labute approximate surface area is 124 Å². The summed E-state index contributed by atoms with van der Waals surface area (Å²) < 4.78 is 5.82. The van der Waals surface area contributed by atoms with Crippen molar-refractivity contribution >= 4 is 5.97 Å². The Hall–Kier alpha value is -2.29. The lowest BCUT2D eigenvalue weighted by atomic mass is 9.61. The molecule has 108 valence electrons. The zero-order valence-corrected chi connectivity index (χ0v) is 12.0. The van der Waals surface area contributed by atoms with E-state index in [9.17, 15) is 9.90 Å². The molecule has 0 heterocycles. The molecule has 1 fully saturated rings. The van der Waals surface area contributed by atoms with E-state index in [1.54, 1.807) is 0 Å². The number of aliphatic carboxylic acids is 1. The third kappa shape index (κ3) is 2.77. The molecule has 3 heteroatoms. The molecule has 3 rings (SSSR count). The van der Waals surface area contributed by atoms with Gasteiger partial charge >= 0.3 is 5.97 Å². The van der Waals surface area contributed by atoms with E-state index in [0.717, 1.165) is 17.1 Å². The Morgan fingerprint density at radius 3 is 2.43 bits per heavy atom. The van der Waals surface area contributed by atoms with Crippen LogP contribution in [0.25, 0.3) is 0 Å². The molecular formula is C18H18O3. The van der Waals surface area contributed by atoms with Crippen LogP contribution in [-0.2, 0) is 4.79 Å². The third-order valence-corrected chi connectivity index (χ3v) is 4.22. The smallest absolute Gasteiger partial charge is 0.309 e. The van der Waals surface area contributed by atoms with E-state index in [0.29, 0.717) is 18.8 Å². The number of hydrogen-bond acceptors (Lipinski definition) is 2. The number of benzene rings is 2. The molecule has 1 saturated carbocycles. The Morgan fingerprint density at radius 1 is 1.10 bits per heavy atom. The highest BCUT2D eigenvalue weighted by atomic mass is 16.5. The summed E-state index contributed by atoms with van der Waals surface area (Å²) in [6, 6.07) is 17.6. The highest BCUT2D eigenvalue weighted by molar-refractivity contribution is 5.75. The van der Waals surface area contributed by atoms with E-state index in [1.165, 1.54) is 0 Å². The van der Waals surface area contributed by atoms with Crippen LogP contribution < -0.4 is 4.74 Å². The molecule has 21 heavy (non-hydrogen) atoms. The number of carbonyl (C=O) groups is 1. The molecule has 1 aliphatic carbocycles. The normalized spacial score (nSPS) is 24.1. The van der Waals surface area contributed by atoms with Gasteiger partial charge in [-0.05, 0) is 55.5 Å². The minimum atomic E-state index is -0.699. The van der Waals surface area contributed by atoms with E-state index in [-0.39, 0.29) is 0 Å². The van der Waals surface area contributed by atoms with E-state index < -0.39 is 11.4 Å². The Kier molecular flexibility index (Phi) is 3.42. The monoisotopic (exact) mass is 282 g/mol. The maximum Gasteiger partial charge on any atom is 0.309 e. The average Bonchev–Trinajstić information content (AvgIpc) is 2.45. The first-order valence-corrected chi connectivity index (χ1v) is 7.13. The first-order valence-electron chi connectivity index (χ1n) is 7.13. The molecule has 3 nitrogen and oxygen atoms in total. The van der Waals surface area contributed by atoms with Crippen LogP contribution in [0.15, 0.2) is 54.6 Å². The van der Waals surface area contributed by atoms with Crippen LogP contribution in [0.4, 0.5) is 0 Å². The van der Waals surface area contributed by atoms with Crippen LogP contribution >= 0.6 is 0 Å². The summed E-state index contributed by atoms with van der Waals surface area (Å²) in [6.45, 7) is 1.82. The summed E-state index contributed by atoms with van der Waals surface area (Å²) in [5.41, 5.74) is 0.586. The van der Waals surface area contributed by atoms with E-state index in [1.807, 2.05) is 61.5 Å². The van der Waals surface area contributed by atoms with Gasteiger partial charge in [-0.2, -0.15) is 0 Å². The van der Waals surface area contributed by atoms with E-state index in [4.69, 9.17) is 4.74 Å². The van der Waals surface area contributed by atoms with Gasteiger partial charge in [0.1, 0.15) is 11.5 Å². The van der Waals surface area contributed by atoms with Crippen molar-refractivity contribution in [1.29, 1.82) is 0 Å². The van der Waals surface area contributed by atoms with Gasteiger partial charge in [0.05, 0.1) is 5.41 Å². The third-order valence-electron chi connectivity index (χ3n) is 4.22. The standard InChI is InChI=1S/C18H18O3/c1-18(17(19)20)11-14(12-18)13-6-5-9-16(10-13)21-15-7-3-2-4-8-15/h2-10,14H,11-12H2,1H3,(H,19,20). The van der Waals surface area contributed by atoms with Gasteiger partial charge in [0.2, 0.25) is 0 Å². The molecule has 0 amide bonds. The summed E-state index contributed by atoms with van der Waals surface area (Å²) in [4.78, 5) is 11.2. The SMILES string of the molecule is CC1(C(=O)O)CC(c2cccc(Oc3ccccc3)c2)C1. The highest BCUT2D eigenvalue weighted by Gasteiger charge is 2.46. The van der Waals surface area contributed by atoms with Crippen LogP contribution in [0.3, 0.4) is 0 Å². The summed E-state index contributed by atoms with van der Waals surface area (Å²) in [6.07, 6.45) is 1.38. The van der Waals surface area contributed by atoms with Crippen LogP contribution in [-0.4, -0.2) is 11.1 Å². The van der Waals surface area contributed by atoms with E-state index in [2.05, 4.69) is 0 Å². The maximum atomic E-state index is 11.2. The molecule has 0 bridgehead atoms. The lowest BCUT2D eigenvalue weighted by Crippen LogP contribution is -2.40. The second-order valence-corrected chi connectivity index (χ2v) is 5.96. The largest absolute Gasteiger partial charge is 0.481 e. The van der Waals surface area contributed by atoms with Crippen molar-refractivity contribution in [3.8, 4) is 11.5 Å². The number of rotatable bonds is 4. The lowest BCUT2D eigenvalue weighted by molar-refractivity contribution is -0.154. The summed E-state index contributed by atoms with van der Waals surface area (Å²) in [5, 5.41) is 9.18. The molecule has 1 aliphatic rings. The van der Waals surface area contributed by atoms with Crippen molar-refractivity contribution in [1.82, 2.24) is 0 Å². The van der Waals surface area contributed by atoms with Crippen molar-refractivity contribution in [3.63, 3.8) is 0 Å². The topological polar surface area (TPSA) is 46.5 Å². The highest BCUT2D eigenvalue weighted by Crippen LogP contribution is 2.51. The predicted octanol–water partition coefficient (Wildman–Crippen LogP) is 4.45. The molecule has 0 spiro atoms. The van der Waals surface area contributed by atoms with Crippen molar-refractivity contribution in [3.05, 3.63) is 60.2 Å². The Balaban J connectivity index is 1.72. The van der Waals surface area contributed by atoms with Crippen molar-refractivity contribution in [2.75, 3.05) is 0 Å². The van der Waals surface area contributed by atoms with Gasteiger partial charge in [-0.15, -0.1) is 0 Å². The van der Waals surface area contributed by atoms with Gasteiger partial charge in [0.25, 0.3) is 0 Å². The molecule has 0 aliphatic heterocycles. The Morgan fingerprint density at radius 2 is 1.76 bits per heavy atom. The number of para-hydroxylation sites is 1. The lowest BCUT2D eigenvalue weighted by Gasteiger charge is -2.42. The van der Waals surface area contributed by atoms with Gasteiger partial charge < -0.3 is 9.84 Å². The van der Waals surface area contributed by atoms with Crippen LogP contribution in [0, 0.1) is 5.41 Å². The second-order valence-electron chi connectivity index (χ2n) is 5.96. The van der Waals surface area contributed by atoms with Crippen molar-refractivity contribution < 1.29 is 14.6 Å². The summed E-state index contributed by atoms with van der Waals surface area (Å²) in [5.74, 6) is 1.21. The molecule has 0 aromatic heterocycles. The first-order chi connectivity index (χ1) is 10.1. The second kappa shape index (κ2) is 5.24. The molecule has 0 unspecified atom stereocenters. The summed E-state index contributed by atoms with van der Waals surface area (Å²) >= 11 is 0. The minimum Gasteiger partial charge on any atom is -0.481 e. The van der Waals surface area contributed by atoms with Gasteiger partial charge in [0.15, 0.2) is 0 Å². The van der Waals surface area contributed by atoms with Crippen LogP contribution in [0.5, 0.6) is 11.5 Å². The van der Waals surface area contributed by atoms with Crippen LogP contribution in [0.2, 0.25) is 0 Å². The number of carboxylic acids is 1. The summed E-state index contributed by atoms with van der Waals surface area (Å²) in [7, 11) is 0. The van der Waals surface area contributed by atoms with Crippen LogP contribution in [0.1, 0.15) is 31.2 Å². The number of ether oxygens (including phenoxy) is 1. The number of carboxylic acid groups (broad SMARTS) is 1. The molecule has 1 N–H and O–H groups in total. The predicted molar refractivity (Wildman–Crippen MR) is 80.7 cm³/mol. The fourth-order valence-electron chi connectivity index (χ4n) is 2.89. The maximum absolute atomic E-state index is 11.2. The van der Waals surface area contributed by atoms with E-state index >= 15 is 0 Å². The molecule has 2 aromatic carbocycles. The van der Waals surface area contributed by atoms with Gasteiger partial charge in [-0.3, -0.25) is 4.79 Å². The van der Waals surface area contributed by atoms with Crippen molar-refractivity contribution in [2.45, 2.75) is 25.7 Å². The molecular weight excluding hydrogens is 264 g/mol. The average molecular weight is 282 g/mol. The number of hydrogen-bond donors (Lipinski definition) is 1. The van der Waals surface area contributed by atoms with Gasteiger partial charge in [-0.25, -0.2) is 0 Å². The minimum absolute atomic E-state index is 0.311.